The van der Waals surface area contributed by atoms with Gasteiger partial charge in [-0.15, -0.1) is 0 Å². The van der Waals surface area contributed by atoms with Crippen LogP contribution < -0.4 is 10.0 Å². The quantitative estimate of drug-likeness (QED) is 0.419. The molecule has 1 amide bonds. The van der Waals surface area contributed by atoms with Crippen LogP contribution in [0.25, 0.3) is 10.9 Å². The molecule has 0 aliphatic carbocycles. The molecule has 2 N–H and O–H groups in total. The minimum Gasteiger partial charge on any atom is -0.339 e. The summed E-state index contributed by atoms with van der Waals surface area (Å²) in [4.78, 5) is 13.2. The van der Waals surface area contributed by atoms with E-state index in [1.54, 1.807) is 47.0 Å². The zero-order valence-corrected chi connectivity index (χ0v) is 18.4. The van der Waals surface area contributed by atoms with Crippen molar-refractivity contribution in [3.8, 4) is 0 Å². The first-order valence-corrected chi connectivity index (χ1v) is 11.4. The smallest absolute Gasteiger partial charge is 0.273 e. The van der Waals surface area contributed by atoms with Crippen molar-refractivity contribution in [2.24, 2.45) is 7.05 Å². The summed E-state index contributed by atoms with van der Waals surface area (Å²) in [5.41, 5.74) is 1.99. The number of hydrogen-bond acceptors (Lipinski definition) is 3. The summed E-state index contributed by atoms with van der Waals surface area (Å²) < 4.78 is 30.4. The molecule has 0 aliphatic rings. The van der Waals surface area contributed by atoms with E-state index in [1.807, 2.05) is 31.3 Å². The number of carbonyl (C=O) groups is 1. The van der Waals surface area contributed by atoms with Gasteiger partial charge >= 0.3 is 0 Å². The van der Waals surface area contributed by atoms with Gasteiger partial charge in [0.05, 0.1) is 20.7 Å². The fraction of sp³-hybridized carbons (Fsp3) is 0.0455. The van der Waals surface area contributed by atoms with Crippen LogP contribution in [0.4, 0.5) is 11.4 Å². The highest BCUT2D eigenvalue weighted by Crippen LogP contribution is 2.32. The SMILES string of the molecule is Cn1c(C(=O)Nc2ccccc2NS(=O)(=O)c2ccccc2)c(Br)c2ccccc21. The van der Waals surface area contributed by atoms with E-state index in [0.717, 1.165) is 10.9 Å². The lowest BCUT2D eigenvalue weighted by atomic mass is 10.2. The molecule has 0 radical (unpaired) electrons. The highest BCUT2D eigenvalue weighted by atomic mass is 79.9. The van der Waals surface area contributed by atoms with Crippen molar-refractivity contribution < 1.29 is 13.2 Å². The van der Waals surface area contributed by atoms with Crippen LogP contribution in [0.2, 0.25) is 0 Å². The van der Waals surface area contributed by atoms with Gasteiger partial charge in [0, 0.05) is 18.0 Å². The molecule has 0 unspecified atom stereocenters. The molecule has 0 saturated heterocycles. The Hall–Kier alpha value is -3.10. The van der Waals surface area contributed by atoms with E-state index in [9.17, 15) is 13.2 Å². The number of amides is 1. The molecule has 6 nitrogen and oxygen atoms in total. The highest BCUT2D eigenvalue weighted by molar-refractivity contribution is 9.10. The third-order valence-electron chi connectivity index (χ3n) is 4.73. The molecule has 0 aliphatic heterocycles. The summed E-state index contributed by atoms with van der Waals surface area (Å²) in [6, 6.07) is 22.4. The predicted octanol–water partition coefficient (Wildman–Crippen LogP) is 4.99. The number of aromatic nitrogens is 1. The maximum absolute atomic E-state index is 13.1. The van der Waals surface area contributed by atoms with Crippen LogP contribution in [0.5, 0.6) is 0 Å². The Morgan fingerprint density at radius 1 is 0.867 bits per heavy atom. The summed E-state index contributed by atoms with van der Waals surface area (Å²) in [7, 11) is -1.98. The molecule has 0 fully saturated rings. The Balaban J connectivity index is 1.67. The topological polar surface area (TPSA) is 80.2 Å². The van der Waals surface area contributed by atoms with E-state index in [-0.39, 0.29) is 16.5 Å². The van der Waals surface area contributed by atoms with Crippen LogP contribution in [0.15, 0.2) is 88.2 Å². The van der Waals surface area contributed by atoms with Crippen molar-refractivity contribution in [2.45, 2.75) is 4.90 Å². The molecule has 1 aromatic heterocycles. The van der Waals surface area contributed by atoms with Crippen molar-refractivity contribution in [1.82, 2.24) is 4.57 Å². The monoisotopic (exact) mass is 483 g/mol. The number of anilines is 2. The number of nitrogens with one attached hydrogen (secondary N) is 2. The van der Waals surface area contributed by atoms with E-state index in [0.29, 0.717) is 15.9 Å². The number of nitrogens with zero attached hydrogens (tertiary/aromatic N) is 1. The summed E-state index contributed by atoms with van der Waals surface area (Å²) in [5.74, 6) is -0.355. The van der Waals surface area contributed by atoms with Crippen LogP contribution in [-0.4, -0.2) is 18.9 Å². The minimum absolute atomic E-state index is 0.141. The summed E-state index contributed by atoms with van der Waals surface area (Å²) >= 11 is 3.52. The molecule has 4 rings (SSSR count). The van der Waals surface area contributed by atoms with E-state index < -0.39 is 10.0 Å². The Morgan fingerprint density at radius 2 is 1.47 bits per heavy atom. The second-order valence-electron chi connectivity index (χ2n) is 6.66. The van der Waals surface area contributed by atoms with Crippen LogP contribution >= 0.6 is 15.9 Å². The second kappa shape index (κ2) is 7.97. The molecule has 0 spiro atoms. The molecule has 152 valence electrons. The molecule has 8 heteroatoms. The Morgan fingerprint density at radius 3 is 2.17 bits per heavy atom. The summed E-state index contributed by atoms with van der Waals surface area (Å²) in [6.07, 6.45) is 0. The third-order valence-corrected chi connectivity index (χ3v) is 6.92. The van der Waals surface area contributed by atoms with Crippen molar-refractivity contribution in [1.29, 1.82) is 0 Å². The van der Waals surface area contributed by atoms with Gasteiger partial charge in [0.2, 0.25) is 0 Å². The fourth-order valence-corrected chi connectivity index (χ4v) is 5.15. The van der Waals surface area contributed by atoms with Gasteiger partial charge in [-0.1, -0.05) is 48.5 Å². The first-order valence-electron chi connectivity index (χ1n) is 9.09. The van der Waals surface area contributed by atoms with Crippen molar-refractivity contribution >= 4 is 54.1 Å². The summed E-state index contributed by atoms with van der Waals surface area (Å²) in [5, 5.41) is 3.75. The maximum Gasteiger partial charge on any atom is 0.273 e. The maximum atomic E-state index is 13.1. The van der Waals surface area contributed by atoms with Crippen LogP contribution in [0.3, 0.4) is 0 Å². The largest absolute Gasteiger partial charge is 0.339 e. The Bertz CT molecular complexity index is 1310. The molecule has 3 aromatic carbocycles. The van der Waals surface area contributed by atoms with Crippen LogP contribution in [0.1, 0.15) is 10.5 Å². The van der Waals surface area contributed by atoms with Gasteiger partial charge in [0.15, 0.2) is 0 Å². The zero-order chi connectivity index (χ0) is 21.3. The Labute approximate surface area is 182 Å². The average molecular weight is 484 g/mol. The van der Waals surface area contributed by atoms with E-state index in [2.05, 4.69) is 26.0 Å². The van der Waals surface area contributed by atoms with Gasteiger partial charge in [-0.3, -0.25) is 9.52 Å². The van der Waals surface area contributed by atoms with E-state index >= 15 is 0 Å². The van der Waals surface area contributed by atoms with E-state index in [1.165, 1.54) is 12.1 Å². The molecular formula is C22H18BrN3O3S. The zero-order valence-electron chi connectivity index (χ0n) is 16.0. The molecule has 0 atom stereocenters. The number of fused-ring (bicyclic) bond motifs is 1. The first-order chi connectivity index (χ1) is 14.4. The molecule has 0 bridgehead atoms. The fourth-order valence-electron chi connectivity index (χ4n) is 3.26. The lowest BCUT2D eigenvalue weighted by Gasteiger charge is -2.14. The number of benzene rings is 3. The highest BCUT2D eigenvalue weighted by Gasteiger charge is 2.21. The lowest BCUT2D eigenvalue weighted by molar-refractivity contribution is 0.101. The molecule has 4 aromatic rings. The van der Waals surface area contributed by atoms with Gasteiger partial charge in [-0.05, 0) is 46.3 Å². The normalized spacial score (nSPS) is 11.4. The molecule has 1 heterocycles. The average Bonchev–Trinajstić information content (AvgIpc) is 3.00. The number of sulfonamides is 1. The minimum atomic E-state index is -3.79. The van der Waals surface area contributed by atoms with Crippen molar-refractivity contribution in [3.63, 3.8) is 0 Å². The lowest BCUT2D eigenvalue weighted by Crippen LogP contribution is -2.19. The van der Waals surface area contributed by atoms with Gasteiger partial charge < -0.3 is 9.88 Å². The second-order valence-corrected chi connectivity index (χ2v) is 9.13. The van der Waals surface area contributed by atoms with Crippen molar-refractivity contribution in [3.05, 3.63) is 89.0 Å². The molecule has 30 heavy (non-hydrogen) atoms. The van der Waals surface area contributed by atoms with Crippen LogP contribution in [-0.2, 0) is 17.1 Å². The molecular weight excluding hydrogens is 466 g/mol. The van der Waals surface area contributed by atoms with Crippen LogP contribution in [0, 0.1) is 0 Å². The number of hydrogen-bond donors (Lipinski definition) is 2. The number of halogens is 1. The standard InChI is InChI=1S/C22H18BrN3O3S/c1-26-19-14-8-5-11-16(19)20(23)21(26)22(27)24-17-12-6-7-13-18(17)25-30(28,29)15-9-3-2-4-10-15/h2-14,25H,1H3,(H,24,27). The van der Waals surface area contributed by atoms with Gasteiger partial charge in [0.25, 0.3) is 15.9 Å². The van der Waals surface area contributed by atoms with Gasteiger partial charge in [-0.25, -0.2) is 8.42 Å². The molecule has 0 saturated carbocycles. The van der Waals surface area contributed by atoms with Gasteiger partial charge in [-0.2, -0.15) is 0 Å². The first kappa shape index (κ1) is 20.2. The van der Waals surface area contributed by atoms with Crippen molar-refractivity contribution in [2.75, 3.05) is 10.0 Å². The number of para-hydroxylation sites is 3. The van der Waals surface area contributed by atoms with Gasteiger partial charge in [0.1, 0.15) is 5.69 Å². The number of carbonyl (C=O) groups excluding carboxylic acids is 1. The third kappa shape index (κ3) is 3.71. The number of aryl methyl sites for hydroxylation is 1. The predicted molar refractivity (Wildman–Crippen MR) is 122 cm³/mol. The number of rotatable bonds is 5. The summed E-state index contributed by atoms with van der Waals surface area (Å²) in [6.45, 7) is 0. The van der Waals surface area contributed by atoms with E-state index in [4.69, 9.17) is 0 Å². The Kier molecular flexibility index (Phi) is 5.36.